The molecule has 104 valence electrons. The van der Waals surface area contributed by atoms with Gasteiger partial charge in [0.2, 0.25) is 0 Å². The molecule has 0 aliphatic carbocycles. The number of benzene rings is 1. The van der Waals surface area contributed by atoms with Crippen LogP contribution in [0.15, 0.2) is 48.8 Å². The number of pyridine rings is 1. The van der Waals surface area contributed by atoms with E-state index in [1.807, 2.05) is 49.5 Å². The fourth-order valence-electron chi connectivity index (χ4n) is 1.91. The first kappa shape index (κ1) is 14.1. The Morgan fingerprint density at radius 2 is 2.00 bits per heavy atom. The van der Waals surface area contributed by atoms with E-state index in [1.54, 1.807) is 6.20 Å². The van der Waals surface area contributed by atoms with E-state index in [9.17, 15) is 4.79 Å². The highest BCUT2D eigenvalue weighted by Gasteiger charge is 2.04. The van der Waals surface area contributed by atoms with Crippen molar-refractivity contribution in [3.8, 4) is 0 Å². The van der Waals surface area contributed by atoms with Gasteiger partial charge in [0, 0.05) is 36.7 Å². The molecule has 0 spiro atoms. The zero-order valence-electron chi connectivity index (χ0n) is 11.6. The van der Waals surface area contributed by atoms with E-state index in [1.165, 1.54) is 0 Å². The number of nitrogens with zero attached hydrogens (tertiary/aromatic N) is 1. The highest BCUT2D eigenvalue weighted by Crippen LogP contribution is 2.09. The van der Waals surface area contributed by atoms with Gasteiger partial charge in [0.25, 0.3) is 5.91 Å². The zero-order valence-corrected chi connectivity index (χ0v) is 11.6. The van der Waals surface area contributed by atoms with E-state index in [0.29, 0.717) is 12.1 Å². The van der Waals surface area contributed by atoms with Gasteiger partial charge in [-0.25, -0.2) is 0 Å². The van der Waals surface area contributed by atoms with Crippen LogP contribution >= 0.6 is 0 Å². The van der Waals surface area contributed by atoms with Crippen molar-refractivity contribution < 1.29 is 4.79 Å². The molecule has 1 amide bonds. The van der Waals surface area contributed by atoms with Crippen molar-refractivity contribution in [1.82, 2.24) is 10.3 Å². The summed E-state index contributed by atoms with van der Waals surface area (Å²) in [6.07, 6.45) is 4.35. The molecule has 4 heteroatoms. The predicted molar refractivity (Wildman–Crippen MR) is 80.9 cm³/mol. The van der Waals surface area contributed by atoms with E-state index < -0.39 is 0 Å². The van der Waals surface area contributed by atoms with E-state index in [4.69, 9.17) is 0 Å². The number of anilines is 1. The quantitative estimate of drug-likeness (QED) is 0.847. The Bertz CT molecular complexity index is 537. The maximum atomic E-state index is 12.0. The first-order chi connectivity index (χ1) is 9.79. The minimum absolute atomic E-state index is 0.0445. The van der Waals surface area contributed by atoms with Crippen LogP contribution in [0.1, 0.15) is 22.8 Å². The largest absolute Gasteiger partial charge is 0.385 e. The Balaban J connectivity index is 1.82. The third kappa shape index (κ3) is 4.09. The van der Waals surface area contributed by atoms with Crippen molar-refractivity contribution >= 4 is 11.6 Å². The summed E-state index contributed by atoms with van der Waals surface area (Å²) < 4.78 is 0. The number of carbonyl (C=O) groups is 1. The predicted octanol–water partition coefficient (Wildman–Crippen LogP) is 2.49. The second kappa shape index (κ2) is 7.28. The molecular weight excluding hydrogens is 250 g/mol. The number of rotatable bonds is 6. The number of aromatic nitrogens is 1. The molecule has 0 fully saturated rings. The van der Waals surface area contributed by atoms with Crippen LogP contribution in [-0.4, -0.2) is 24.0 Å². The lowest BCUT2D eigenvalue weighted by Crippen LogP contribution is -2.25. The monoisotopic (exact) mass is 269 g/mol. The van der Waals surface area contributed by atoms with Crippen molar-refractivity contribution in [1.29, 1.82) is 0 Å². The van der Waals surface area contributed by atoms with E-state index >= 15 is 0 Å². The molecule has 0 saturated heterocycles. The minimum atomic E-state index is -0.0445. The summed E-state index contributed by atoms with van der Waals surface area (Å²) in [5.41, 5.74) is 2.83. The maximum absolute atomic E-state index is 12.0. The summed E-state index contributed by atoms with van der Waals surface area (Å²) >= 11 is 0. The van der Waals surface area contributed by atoms with Crippen LogP contribution in [0.2, 0.25) is 0 Å². The average Bonchev–Trinajstić information content (AvgIpc) is 2.49. The molecule has 0 aliphatic heterocycles. The number of carbonyl (C=O) groups excluding carboxylic acids is 1. The number of amides is 1. The van der Waals surface area contributed by atoms with Crippen LogP contribution in [0.5, 0.6) is 0 Å². The van der Waals surface area contributed by atoms with Crippen LogP contribution in [0.25, 0.3) is 0 Å². The van der Waals surface area contributed by atoms with Gasteiger partial charge >= 0.3 is 0 Å². The Kier molecular flexibility index (Phi) is 5.12. The van der Waals surface area contributed by atoms with Crippen molar-refractivity contribution in [3.63, 3.8) is 0 Å². The summed E-state index contributed by atoms with van der Waals surface area (Å²) in [6.45, 7) is 3.52. The van der Waals surface area contributed by atoms with Crippen LogP contribution < -0.4 is 10.6 Å². The smallest absolute Gasteiger partial charge is 0.251 e. The fourth-order valence-corrected chi connectivity index (χ4v) is 1.91. The Morgan fingerprint density at radius 3 is 2.65 bits per heavy atom. The highest BCUT2D eigenvalue weighted by atomic mass is 16.1. The Morgan fingerprint density at radius 1 is 1.20 bits per heavy atom. The molecular formula is C16H19N3O. The molecule has 1 aromatic heterocycles. The molecule has 1 heterocycles. The maximum Gasteiger partial charge on any atom is 0.251 e. The first-order valence-electron chi connectivity index (χ1n) is 6.80. The number of hydrogen-bond donors (Lipinski definition) is 2. The number of hydrogen-bond acceptors (Lipinski definition) is 3. The lowest BCUT2D eigenvalue weighted by molar-refractivity contribution is 0.0954. The SMILES string of the molecule is CCNc1ccc(C(=O)NCCc2cccnc2)cc1. The zero-order chi connectivity index (χ0) is 14.2. The van der Waals surface area contributed by atoms with E-state index in [0.717, 1.165) is 24.2 Å². The molecule has 0 bridgehead atoms. The molecule has 2 aromatic rings. The van der Waals surface area contributed by atoms with Gasteiger partial charge in [-0.2, -0.15) is 0 Å². The molecule has 0 radical (unpaired) electrons. The van der Waals surface area contributed by atoms with E-state index in [2.05, 4.69) is 15.6 Å². The normalized spacial score (nSPS) is 10.1. The minimum Gasteiger partial charge on any atom is -0.385 e. The second-order valence-electron chi connectivity index (χ2n) is 4.47. The van der Waals surface area contributed by atoms with Crippen LogP contribution in [0.4, 0.5) is 5.69 Å². The molecule has 1 aromatic carbocycles. The van der Waals surface area contributed by atoms with Crippen molar-refractivity contribution in [2.24, 2.45) is 0 Å². The molecule has 20 heavy (non-hydrogen) atoms. The van der Waals surface area contributed by atoms with Gasteiger partial charge in [0.05, 0.1) is 0 Å². The summed E-state index contributed by atoms with van der Waals surface area (Å²) in [5, 5.41) is 6.11. The summed E-state index contributed by atoms with van der Waals surface area (Å²) in [5.74, 6) is -0.0445. The van der Waals surface area contributed by atoms with Crippen molar-refractivity contribution in [2.75, 3.05) is 18.4 Å². The van der Waals surface area contributed by atoms with Gasteiger partial charge in [-0.15, -0.1) is 0 Å². The second-order valence-corrected chi connectivity index (χ2v) is 4.47. The molecule has 2 rings (SSSR count). The standard InChI is InChI=1S/C16H19N3O/c1-2-18-15-7-5-14(6-8-15)16(20)19-11-9-13-4-3-10-17-12-13/h3-8,10,12,18H,2,9,11H2,1H3,(H,19,20). The lowest BCUT2D eigenvalue weighted by Gasteiger charge is -2.07. The Hall–Kier alpha value is -2.36. The van der Waals surface area contributed by atoms with Gasteiger partial charge in [0.1, 0.15) is 0 Å². The molecule has 0 aliphatic rings. The summed E-state index contributed by atoms with van der Waals surface area (Å²) in [4.78, 5) is 16.0. The highest BCUT2D eigenvalue weighted by molar-refractivity contribution is 5.94. The first-order valence-corrected chi connectivity index (χ1v) is 6.80. The Labute approximate surface area is 119 Å². The topological polar surface area (TPSA) is 54.0 Å². The number of nitrogens with one attached hydrogen (secondary N) is 2. The van der Waals surface area contributed by atoms with Crippen LogP contribution in [-0.2, 0) is 6.42 Å². The fraction of sp³-hybridized carbons (Fsp3) is 0.250. The molecule has 4 nitrogen and oxygen atoms in total. The lowest BCUT2D eigenvalue weighted by atomic mass is 10.2. The third-order valence-corrected chi connectivity index (χ3v) is 2.95. The van der Waals surface area contributed by atoms with Crippen molar-refractivity contribution in [2.45, 2.75) is 13.3 Å². The van der Waals surface area contributed by atoms with Gasteiger partial charge in [-0.3, -0.25) is 9.78 Å². The van der Waals surface area contributed by atoms with Gasteiger partial charge in [-0.1, -0.05) is 6.07 Å². The van der Waals surface area contributed by atoms with E-state index in [-0.39, 0.29) is 5.91 Å². The van der Waals surface area contributed by atoms with Gasteiger partial charge < -0.3 is 10.6 Å². The van der Waals surface area contributed by atoms with Gasteiger partial charge in [0.15, 0.2) is 0 Å². The summed E-state index contributed by atoms with van der Waals surface area (Å²) in [7, 11) is 0. The molecule has 0 unspecified atom stereocenters. The van der Waals surface area contributed by atoms with Crippen LogP contribution in [0, 0.1) is 0 Å². The molecule has 0 atom stereocenters. The van der Waals surface area contributed by atoms with Crippen LogP contribution in [0.3, 0.4) is 0 Å². The molecule has 0 saturated carbocycles. The third-order valence-electron chi connectivity index (χ3n) is 2.95. The summed E-state index contributed by atoms with van der Waals surface area (Å²) in [6, 6.07) is 11.4. The molecule has 2 N–H and O–H groups in total. The van der Waals surface area contributed by atoms with Crippen molar-refractivity contribution in [3.05, 3.63) is 59.9 Å². The van der Waals surface area contributed by atoms with Gasteiger partial charge in [-0.05, 0) is 49.2 Å². The average molecular weight is 269 g/mol.